The lowest BCUT2D eigenvalue weighted by atomic mass is 10.4. The Labute approximate surface area is 55.3 Å². The van der Waals surface area contributed by atoms with Gasteiger partial charge in [-0.2, -0.15) is 26.3 Å². The highest BCUT2D eigenvalue weighted by Gasteiger charge is 2.90. The lowest BCUT2D eigenvalue weighted by molar-refractivity contribution is -0.231. The molecule has 1 nitrogen and oxygen atoms in total. The Balaban J connectivity index is 0.000001000. The monoisotopic (exact) mass is 185 g/mol. The molecule has 8 heteroatoms. The summed E-state index contributed by atoms with van der Waals surface area (Å²) < 4.78 is 70.4. The lowest BCUT2D eigenvalue weighted by Gasteiger charge is -2.04. The third-order valence-corrected chi connectivity index (χ3v) is 0.966. The van der Waals surface area contributed by atoms with Crippen molar-refractivity contribution < 1.29 is 35.8 Å². The highest BCUT2D eigenvalue weighted by Crippen LogP contribution is 2.60. The van der Waals surface area contributed by atoms with Crippen LogP contribution in [0.2, 0.25) is 0 Å². The first-order valence-electron chi connectivity index (χ1n) is 2.04. The van der Waals surface area contributed by atoms with Crippen molar-refractivity contribution in [1.82, 2.24) is 0 Å². The number of hydrogen-bond donors (Lipinski definition) is 0. The first-order valence-corrected chi connectivity index (χ1v) is 2.04. The van der Waals surface area contributed by atoms with E-state index in [2.05, 4.69) is 4.74 Å². The molecular formula is C3F7O-. The van der Waals surface area contributed by atoms with Crippen LogP contribution in [-0.2, 0) is 4.74 Å². The quantitative estimate of drug-likeness (QED) is 0.342. The van der Waals surface area contributed by atoms with Crippen molar-refractivity contribution >= 4 is 0 Å². The Morgan fingerprint density at radius 2 is 1.27 bits per heavy atom. The van der Waals surface area contributed by atoms with Crippen molar-refractivity contribution in [3.8, 4) is 0 Å². The number of ether oxygens (including phenoxy) is 1. The Hall–Kier alpha value is -0.530. The molecule has 1 aliphatic rings. The van der Waals surface area contributed by atoms with E-state index in [4.69, 9.17) is 0 Å². The highest BCUT2D eigenvalue weighted by molar-refractivity contribution is 4.99. The summed E-state index contributed by atoms with van der Waals surface area (Å²) in [7, 11) is 0. The predicted molar refractivity (Wildman–Crippen MR) is 15.9 cm³/mol. The standard InChI is InChI=1S/C3F6O.FH/c4-1(2(5,6)7)3(8,9)10-1;/h;1H/p-1. The van der Waals surface area contributed by atoms with E-state index in [-0.39, 0.29) is 4.70 Å². The second kappa shape index (κ2) is 1.99. The molecule has 0 aromatic carbocycles. The maximum atomic E-state index is 11.7. The second-order valence-electron chi connectivity index (χ2n) is 1.71. The Kier molecular flexibility index (Phi) is 1.90. The molecule has 1 atom stereocenters. The molecule has 1 fully saturated rings. The largest absolute Gasteiger partial charge is 1.00 e. The van der Waals surface area contributed by atoms with Gasteiger partial charge in [0.2, 0.25) is 0 Å². The van der Waals surface area contributed by atoms with Crippen LogP contribution in [-0.4, -0.2) is 18.1 Å². The normalized spacial score (nSPS) is 34.4. The van der Waals surface area contributed by atoms with Crippen LogP contribution in [0, 0.1) is 0 Å². The number of halogens is 7. The van der Waals surface area contributed by atoms with Crippen LogP contribution in [0.3, 0.4) is 0 Å². The fourth-order valence-corrected chi connectivity index (χ4v) is 0.374. The molecule has 68 valence electrons. The number of epoxide rings is 1. The van der Waals surface area contributed by atoms with Gasteiger partial charge in [-0.05, 0) is 0 Å². The molecule has 0 amide bonds. The minimum atomic E-state index is -5.66. The molecule has 0 saturated carbocycles. The van der Waals surface area contributed by atoms with E-state index in [0.29, 0.717) is 0 Å². The van der Waals surface area contributed by atoms with Gasteiger partial charge in [0.05, 0.1) is 0 Å². The van der Waals surface area contributed by atoms with Gasteiger partial charge in [0.25, 0.3) is 0 Å². The fourth-order valence-electron chi connectivity index (χ4n) is 0.374. The molecule has 0 aliphatic carbocycles. The zero-order valence-electron chi connectivity index (χ0n) is 4.55. The van der Waals surface area contributed by atoms with Crippen molar-refractivity contribution in [3.05, 3.63) is 0 Å². The number of rotatable bonds is 0. The van der Waals surface area contributed by atoms with E-state index in [9.17, 15) is 26.3 Å². The first kappa shape index (κ1) is 10.5. The van der Waals surface area contributed by atoms with Gasteiger partial charge in [0.15, 0.2) is 0 Å². The molecule has 0 aromatic rings. The van der Waals surface area contributed by atoms with Gasteiger partial charge < -0.3 is 4.70 Å². The summed E-state index contributed by atoms with van der Waals surface area (Å²) in [6, 6.07) is 0. The maximum Gasteiger partial charge on any atom is 0.458 e. The number of alkyl halides is 6. The molecule has 0 aromatic heterocycles. The van der Waals surface area contributed by atoms with Gasteiger partial charge in [0, 0.05) is 0 Å². The van der Waals surface area contributed by atoms with E-state index in [1.807, 2.05) is 0 Å². The molecule has 1 heterocycles. The van der Waals surface area contributed by atoms with Crippen molar-refractivity contribution in [2.45, 2.75) is 18.1 Å². The van der Waals surface area contributed by atoms with Gasteiger partial charge in [-0.15, -0.1) is 0 Å². The molecule has 1 aliphatic heterocycles. The second-order valence-corrected chi connectivity index (χ2v) is 1.71. The molecule has 0 spiro atoms. The first-order chi connectivity index (χ1) is 4.21. The van der Waals surface area contributed by atoms with Gasteiger partial charge in [0.1, 0.15) is 0 Å². The molecule has 0 bridgehead atoms. The third-order valence-electron chi connectivity index (χ3n) is 0.966. The summed E-state index contributed by atoms with van der Waals surface area (Å²) in [5.74, 6) is -4.75. The molecule has 1 saturated heterocycles. The fraction of sp³-hybridized carbons (Fsp3) is 1.00. The summed E-state index contributed by atoms with van der Waals surface area (Å²) in [5, 5.41) is 0. The van der Waals surface area contributed by atoms with Crippen molar-refractivity contribution in [2.75, 3.05) is 0 Å². The average Bonchev–Trinajstić information content (AvgIpc) is 2.05. The van der Waals surface area contributed by atoms with Crippen molar-refractivity contribution in [3.63, 3.8) is 0 Å². The Bertz CT molecular complexity index is 162. The van der Waals surface area contributed by atoms with E-state index in [1.54, 1.807) is 0 Å². The Morgan fingerprint density at radius 1 is 1.00 bits per heavy atom. The van der Waals surface area contributed by atoms with Crippen molar-refractivity contribution in [1.29, 1.82) is 0 Å². The average molecular weight is 185 g/mol. The molecule has 0 N–H and O–H groups in total. The summed E-state index contributed by atoms with van der Waals surface area (Å²) in [6.07, 6.45) is -10.4. The summed E-state index contributed by atoms with van der Waals surface area (Å²) in [4.78, 5) is 0. The molecule has 0 radical (unpaired) electrons. The topological polar surface area (TPSA) is 12.5 Å². The van der Waals surface area contributed by atoms with Crippen LogP contribution in [0.25, 0.3) is 0 Å². The van der Waals surface area contributed by atoms with Crippen LogP contribution in [0.4, 0.5) is 26.3 Å². The predicted octanol–water partition coefficient (Wildman–Crippen LogP) is -1.16. The minimum Gasteiger partial charge on any atom is -1.00 e. The smallest absolute Gasteiger partial charge is 0.458 e. The van der Waals surface area contributed by atoms with Gasteiger partial charge >= 0.3 is 18.1 Å². The van der Waals surface area contributed by atoms with Gasteiger partial charge in [-0.3, -0.25) is 4.74 Å². The van der Waals surface area contributed by atoms with Crippen LogP contribution < -0.4 is 4.70 Å². The Morgan fingerprint density at radius 3 is 1.27 bits per heavy atom. The lowest BCUT2D eigenvalue weighted by Crippen LogP contribution is -3.00. The van der Waals surface area contributed by atoms with Crippen LogP contribution in [0.5, 0.6) is 0 Å². The van der Waals surface area contributed by atoms with E-state index in [0.717, 1.165) is 0 Å². The highest BCUT2D eigenvalue weighted by atomic mass is 19.4. The van der Waals surface area contributed by atoms with E-state index >= 15 is 0 Å². The summed E-state index contributed by atoms with van der Waals surface area (Å²) in [5.41, 5.74) is 0. The van der Waals surface area contributed by atoms with E-state index < -0.39 is 18.1 Å². The molecular weight excluding hydrogens is 185 g/mol. The number of hydrogen-bond acceptors (Lipinski definition) is 1. The van der Waals surface area contributed by atoms with Crippen molar-refractivity contribution in [2.24, 2.45) is 0 Å². The molecule has 11 heavy (non-hydrogen) atoms. The molecule has 1 rings (SSSR count). The van der Waals surface area contributed by atoms with Crippen LogP contribution in [0.15, 0.2) is 0 Å². The minimum absolute atomic E-state index is 0. The van der Waals surface area contributed by atoms with Gasteiger partial charge in [-0.25, -0.2) is 0 Å². The third kappa shape index (κ3) is 1.15. The maximum absolute atomic E-state index is 11.7. The van der Waals surface area contributed by atoms with Crippen LogP contribution >= 0.6 is 0 Å². The zero-order valence-corrected chi connectivity index (χ0v) is 4.55. The van der Waals surface area contributed by atoms with Crippen LogP contribution in [0.1, 0.15) is 0 Å². The van der Waals surface area contributed by atoms with Gasteiger partial charge in [-0.1, -0.05) is 0 Å². The SMILES string of the molecule is FC(F)(F)C1(F)OC1(F)F.[F-]. The summed E-state index contributed by atoms with van der Waals surface area (Å²) >= 11 is 0. The molecule has 1 unspecified atom stereocenters. The summed E-state index contributed by atoms with van der Waals surface area (Å²) in [6.45, 7) is 0. The zero-order chi connectivity index (χ0) is 8.21. The van der Waals surface area contributed by atoms with E-state index in [1.165, 1.54) is 0 Å².